The third-order valence-electron chi connectivity index (χ3n) is 2.83. The fraction of sp³-hybridized carbons (Fsp3) is 0.0667. The van der Waals surface area contributed by atoms with E-state index in [2.05, 4.69) is 26.6 Å². The summed E-state index contributed by atoms with van der Waals surface area (Å²) in [4.78, 5) is 22.8. The molecule has 0 saturated carbocycles. The largest absolute Gasteiger partial charge is 0.351 e. The summed E-state index contributed by atoms with van der Waals surface area (Å²) >= 11 is 3.41. The molecule has 0 aliphatic rings. The van der Waals surface area contributed by atoms with Gasteiger partial charge in [-0.3, -0.25) is 4.79 Å². The number of halogens is 1. The normalized spacial score (nSPS) is 10.0. The number of aryl methyl sites for hydroxylation is 1. The van der Waals surface area contributed by atoms with Crippen LogP contribution in [0.15, 0.2) is 46.9 Å². The Labute approximate surface area is 130 Å². The fourth-order valence-electron chi connectivity index (χ4n) is 1.77. The zero-order chi connectivity index (χ0) is 15.4. The maximum atomic E-state index is 12.1. The smallest absolute Gasteiger partial charge is 0.316 e. The lowest BCUT2D eigenvalue weighted by Gasteiger charge is -2.08. The minimum Gasteiger partial charge on any atom is -0.351 e. The standard InChI is InChI=1S/C15H14BrN3O2/c1-9-8-12(6-7-13(9)16)18-14(20)10-2-4-11(5-3-10)19-15(17)21/h2-8H,1H3,(H,18,20)(H3,17,19,21). The summed E-state index contributed by atoms with van der Waals surface area (Å²) in [5.74, 6) is -0.220. The molecular weight excluding hydrogens is 334 g/mol. The van der Waals surface area contributed by atoms with Gasteiger partial charge >= 0.3 is 6.03 Å². The highest BCUT2D eigenvalue weighted by Gasteiger charge is 2.07. The van der Waals surface area contributed by atoms with Crippen molar-refractivity contribution < 1.29 is 9.59 Å². The second-order valence-electron chi connectivity index (χ2n) is 4.48. The van der Waals surface area contributed by atoms with Crippen LogP contribution in [0.5, 0.6) is 0 Å². The molecule has 0 bridgehead atoms. The van der Waals surface area contributed by atoms with E-state index < -0.39 is 6.03 Å². The minimum absolute atomic E-state index is 0.220. The average Bonchev–Trinajstić information content (AvgIpc) is 2.43. The Morgan fingerprint density at radius 2 is 1.62 bits per heavy atom. The Morgan fingerprint density at radius 3 is 2.19 bits per heavy atom. The van der Waals surface area contributed by atoms with Crippen molar-refractivity contribution in [2.75, 3.05) is 10.6 Å². The number of nitrogens with one attached hydrogen (secondary N) is 2. The van der Waals surface area contributed by atoms with E-state index in [1.807, 2.05) is 25.1 Å². The van der Waals surface area contributed by atoms with Gasteiger partial charge in [0.25, 0.3) is 5.91 Å². The van der Waals surface area contributed by atoms with Gasteiger partial charge in [-0.05, 0) is 55.0 Å². The highest BCUT2D eigenvalue weighted by Crippen LogP contribution is 2.20. The molecular formula is C15H14BrN3O2. The summed E-state index contributed by atoms with van der Waals surface area (Å²) in [5.41, 5.74) is 7.81. The number of urea groups is 1. The van der Waals surface area contributed by atoms with Crippen LogP contribution in [0.3, 0.4) is 0 Å². The molecule has 0 atom stereocenters. The third-order valence-corrected chi connectivity index (χ3v) is 3.72. The minimum atomic E-state index is -0.641. The molecule has 2 aromatic carbocycles. The zero-order valence-corrected chi connectivity index (χ0v) is 12.9. The fourth-order valence-corrected chi connectivity index (χ4v) is 2.02. The van der Waals surface area contributed by atoms with Gasteiger partial charge in [-0.2, -0.15) is 0 Å². The number of primary amides is 1. The van der Waals surface area contributed by atoms with E-state index in [-0.39, 0.29) is 5.91 Å². The van der Waals surface area contributed by atoms with Crippen LogP contribution < -0.4 is 16.4 Å². The summed E-state index contributed by atoms with van der Waals surface area (Å²) in [7, 11) is 0. The molecule has 108 valence electrons. The van der Waals surface area contributed by atoms with E-state index in [9.17, 15) is 9.59 Å². The Kier molecular flexibility index (Phi) is 4.59. The van der Waals surface area contributed by atoms with E-state index >= 15 is 0 Å². The van der Waals surface area contributed by atoms with Gasteiger partial charge in [0.1, 0.15) is 0 Å². The topological polar surface area (TPSA) is 84.2 Å². The van der Waals surface area contributed by atoms with Crippen molar-refractivity contribution in [1.29, 1.82) is 0 Å². The molecule has 4 N–H and O–H groups in total. The Morgan fingerprint density at radius 1 is 1.00 bits per heavy atom. The van der Waals surface area contributed by atoms with Gasteiger partial charge < -0.3 is 16.4 Å². The van der Waals surface area contributed by atoms with E-state index in [1.165, 1.54) is 0 Å². The van der Waals surface area contributed by atoms with Crippen molar-refractivity contribution in [1.82, 2.24) is 0 Å². The molecule has 0 heterocycles. The lowest BCUT2D eigenvalue weighted by Crippen LogP contribution is -2.19. The van der Waals surface area contributed by atoms with Gasteiger partial charge in [0.2, 0.25) is 0 Å². The second-order valence-corrected chi connectivity index (χ2v) is 5.34. The van der Waals surface area contributed by atoms with Crippen LogP contribution in [-0.2, 0) is 0 Å². The van der Waals surface area contributed by atoms with Crippen LogP contribution in [0.25, 0.3) is 0 Å². The number of benzene rings is 2. The van der Waals surface area contributed by atoms with Crippen LogP contribution in [0.2, 0.25) is 0 Å². The molecule has 0 aliphatic carbocycles. The number of amides is 3. The predicted octanol–water partition coefficient (Wildman–Crippen LogP) is 3.50. The summed E-state index contributed by atoms with van der Waals surface area (Å²) in [5, 5.41) is 5.25. The van der Waals surface area contributed by atoms with Crippen LogP contribution in [-0.4, -0.2) is 11.9 Å². The molecule has 0 spiro atoms. The van der Waals surface area contributed by atoms with E-state index in [0.717, 1.165) is 15.7 Å². The molecule has 2 aromatic rings. The van der Waals surface area contributed by atoms with Gasteiger partial charge in [-0.25, -0.2) is 4.79 Å². The monoisotopic (exact) mass is 347 g/mol. The van der Waals surface area contributed by atoms with Crippen molar-refractivity contribution in [2.45, 2.75) is 6.92 Å². The first-order chi connectivity index (χ1) is 9.95. The Balaban J connectivity index is 2.09. The summed E-state index contributed by atoms with van der Waals surface area (Å²) < 4.78 is 0.988. The van der Waals surface area contributed by atoms with Gasteiger partial charge in [-0.1, -0.05) is 15.9 Å². The van der Waals surface area contributed by atoms with Crippen molar-refractivity contribution in [3.8, 4) is 0 Å². The van der Waals surface area contributed by atoms with Crippen molar-refractivity contribution >= 4 is 39.2 Å². The Bertz CT molecular complexity index is 684. The molecule has 0 fully saturated rings. The van der Waals surface area contributed by atoms with Gasteiger partial charge in [-0.15, -0.1) is 0 Å². The summed E-state index contributed by atoms with van der Waals surface area (Å²) in [6.45, 7) is 1.95. The molecule has 21 heavy (non-hydrogen) atoms. The van der Waals surface area contributed by atoms with Crippen LogP contribution in [0.1, 0.15) is 15.9 Å². The maximum Gasteiger partial charge on any atom is 0.316 e. The van der Waals surface area contributed by atoms with Crippen LogP contribution in [0, 0.1) is 6.92 Å². The molecule has 0 radical (unpaired) electrons. The van der Waals surface area contributed by atoms with Gasteiger partial charge in [0.15, 0.2) is 0 Å². The first-order valence-corrected chi connectivity index (χ1v) is 6.99. The van der Waals surface area contributed by atoms with E-state index in [4.69, 9.17) is 5.73 Å². The molecule has 6 heteroatoms. The van der Waals surface area contributed by atoms with Crippen molar-refractivity contribution in [2.24, 2.45) is 5.73 Å². The molecule has 3 amide bonds. The van der Waals surface area contributed by atoms with Crippen molar-refractivity contribution in [3.05, 3.63) is 58.1 Å². The SMILES string of the molecule is Cc1cc(NC(=O)c2ccc(NC(N)=O)cc2)ccc1Br. The predicted molar refractivity (Wildman–Crippen MR) is 86.5 cm³/mol. The maximum absolute atomic E-state index is 12.1. The van der Waals surface area contributed by atoms with Gasteiger partial charge in [0.05, 0.1) is 0 Å². The number of hydrogen-bond acceptors (Lipinski definition) is 2. The highest BCUT2D eigenvalue weighted by atomic mass is 79.9. The number of carbonyl (C=O) groups is 2. The number of nitrogens with two attached hydrogens (primary N) is 1. The highest BCUT2D eigenvalue weighted by molar-refractivity contribution is 9.10. The molecule has 5 nitrogen and oxygen atoms in total. The molecule has 2 rings (SSSR count). The first-order valence-electron chi connectivity index (χ1n) is 6.20. The first kappa shape index (κ1) is 15.1. The summed E-state index contributed by atoms with van der Waals surface area (Å²) in [6.07, 6.45) is 0. The molecule has 0 aromatic heterocycles. The number of anilines is 2. The van der Waals surface area contributed by atoms with E-state index in [1.54, 1.807) is 24.3 Å². The van der Waals surface area contributed by atoms with Crippen LogP contribution >= 0.6 is 15.9 Å². The van der Waals surface area contributed by atoms with E-state index in [0.29, 0.717) is 11.3 Å². The number of hydrogen-bond donors (Lipinski definition) is 3. The third kappa shape index (κ3) is 4.06. The van der Waals surface area contributed by atoms with Gasteiger partial charge in [0, 0.05) is 21.4 Å². The Hall–Kier alpha value is -2.34. The zero-order valence-electron chi connectivity index (χ0n) is 11.3. The number of rotatable bonds is 3. The second kappa shape index (κ2) is 6.41. The summed E-state index contributed by atoms with van der Waals surface area (Å²) in [6, 6.07) is 11.4. The molecule has 0 unspecified atom stereocenters. The molecule has 0 saturated heterocycles. The molecule has 0 aliphatic heterocycles. The lowest BCUT2D eigenvalue weighted by molar-refractivity contribution is 0.102. The lowest BCUT2D eigenvalue weighted by atomic mass is 10.1. The quantitative estimate of drug-likeness (QED) is 0.793. The van der Waals surface area contributed by atoms with Crippen molar-refractivity contribution in [3.63, 3.8) is 0 Å². The average molecular weight is 348 g/mol. The number of carbonyl (C=O) groups excluding carboxylic acids is 2. The van der Waals surface area contributed by atoms with Crippen LogP contribution in [0.4, 0.5) is 16.2 Å².